The van der Waals surface area contributed by atoms with Crippen LogP contribution >= 0.6 is 8.58 Å². The third kappa shape index (κ3) is 4.99. The number of ether oxygens (including phenoxy) is 1. The summed E-state index contributed by atoms with van der Waals surface area (Å²) in [5, 5.41) is 1.40. The Bertz CT molecular complexity index is 977. The maximum absolute atomic E-state index is 6.46. The Balaban J connectivity index is 2.00. The Labute approximate surface area is 183 Å². The lowest BCUT2D eigenvalue weighted by molar-refractivity contribution is 0.296. The summed E-state index contributed by atoms with van der Waals surface area (Å²) < 4.78 is 6.46. The second-order valence-corrected chi connectivity index (χ2v) is 9.36. The summed E-state index contributed by atoms with van der Waals surface area (Å²) >= 11 is 0. The van der Waals surface area contributed by atoms with Crippen molar-refractivity contribution in [2.75, 3.05) is 7.05 Å². The fraction of sp³-hybridized carbons (Fsp3) is 0.296. The van der Waals surface area contributed by atoms with Gasteiger partial charge in [0, 0.05) is 24.0 Å². The molecule has 156 valence electrons. The van der Waals surface area contributed by atoms with Crippen LogP contribution in [0.5, 0.6) is 5.75 Å². The van der Waals surface area contributed by atoms with E-state index in [9.17, 15) is 0 Å². The first-order valence-corrected chi connectivity index (χ1v) is 11.7. The number of nitrogens with zero attached hydrogens (tertiary/aromatic N) is 1. The van der Waals surface area contributed by atoms with Gasteiger partial charge in [0.25, 0.3) is 0 Å². The van der Waals surface area contributed by atoms with Crippen molar-refractivity contribution >= 4 is 20.1 Å². The van der Waals surface area contributed by atoms with E-state index >= 15 is 0 Å². The maximum atomic E-state index is 6.46. The van der Waals surface area contributed by atoms with Crippen molar-refractivity contribution in [1.82, 2.24) is 0 Å². The average Bonchev–Trinajstić information content (AvgIpc) is 2.79. The van der Waals surface area contributed by atoms with Gasteiger partial charge in [-0.15, -0.1) is 0 Å². The molecule has 0 heterocycles. The first-order chi connectivity index (χ1) is 14.6. The fourth-order valence-electron chi connectivity index (χ4n) is 3.95. The number of hydrogen-bond acceptors (Lipinski definition) is 2. The molecular weight excluding hydrogens is 385 g/mol. The molecule has 3 aromatic carbocycles. The van der Waals surface area contributed by atoms with E-state index in [1.807, 2.05) is 19.3 Å². The molecular formula is C27H32NOP. The molecule has 0 fully saturated rings. The molecule has 0 saturated heterocycles. The predicted octanol–water partition coefficient (Wildman–Crippen LogP) is 6.64. The molecule has 3 heteroatoms. The van der Waals surface area contributed by atoms with Crippen molar-refractivity contribution < 1.29 is 4.74 Å². The van der Waals surface area contributed by atoms with Gasteiger partial charge in [0.15, 0.2) is 0 Å². The van der Waals surface area contributed by atoms with Gasteiger partial charge in [0.2, 0.25) is 0 Å². The third-order valence-electron chi connectivity index (χ3n) is 5.76. The zero-order valence-corrected chi connectivity index (χ0v) is 19.5. The number of benzene rings is 3. The zero-order valence-electron chi connectivity index (χ0n) is 18.5. The minimum atomic E-state index is 0.0374. The molecule has 0 aromatic heterocycles. The molecule has 0 aliphatic heterocycles. The first kappa shape index (κ1) is 22.2. The Kier molecular flexibility index (Phi) is 7.82. The average molecular weight is 418 g/mol. The third-order valence-corrected chi connectivity index (χ3v) is 7.94. The number of rotatable bonds is 9. The van der Waals surface area contributed by atoms with E-state index in [-0.39, 0.29) is 5.16 Å². The molecule has 0 spiro atoms. The van der Waals surface area contributed by atoms with Gasteiger partial charge in [-0.3, -0.25) is 4.99 Å². The molecule has 2 nitrogen and oxygen atoms in total. The minimum absolute atomic E-state index is 0.0374. The zero-order chi connectivity index (χ0) is 21.4. The largest absolute Gasteiger partial charge is 0.488 e. The number of para-hydroxylation sites is 1. The van der Waals surface area contributed by atoms with Crippen molar-refractivity contribution in [3.63, 3.8) is 0 Å². The van der Waals surface area contributed by atoms with Crippen LogP contribution in [-0.2, 0) is 11.8 Å². The minimum Gasteiger partial charge on any atom is -0.488 e. The Morgan fingerprint density at radius 2 is 1.60 bits per heavy atom. The highest BCUT2D eigenvalue weighted by Gasteiger charge is 2.33. The van der Waals surface area contributed by atoms with Gasteiger partial charge in [0.1, 0.15) is 12.4 Å². The molecule has 1 atom stereocenters. The number of aliphatic imine (C=N–C) groups is 1. The van der Waals surface area contributed by atoms with Crippen molar-refractivity contribution in [3.05, 3.63) is 95.1 Å². The molecule has 3 aromatic rings. The summed E-state index contributed by atoms with van der Waals surface area (Å²) in [5.41, 5.74) is 4.93. The highest BCUT2D eigenvalue weighted by Crippen LogP contribution is 2.51. The standard InChI is InChI=1S/C27H32NOP/c1-5-27(6-2,30-25-18-11-10-16-23(25)19-28-4)24-17-12-13-21(3)26(24)29-20-22-14-8-7-9-15-22/h7-19,30H,5-6,20H2,1-4H3/b28-19+. The van der Waals surface area contributed by atoms with Crippen LogP contribution in [0.3, 0.4) is 0 Å². The van der Waals surface area contributed by atoms with E-state index in [4.69, 9.17) is 4.74 Å². The highest BCUT2D eigenvalue weighted by molar-refractivity contribution is 7.48. The van der Waals surface area contributed by atoms with E-state index in [2.05, 4.69) is 92.5 Å². The summed E-state index contributed by atoms with van der Waals surface area (Å²) in [6, 6.07) is 25.6. The van der Waals surface area contributed by atoms with Gasteiger partial charge in [-0.25, -0.2) is 0 Å². The van der Waals surface area contributed by atoms with E-state index in [1.165, 1.54) is 27.6 Å². The summed E-state index contributed by atoms with van der Waals surface area (Å²) in [4.78, 5) is 4.27. The SMILES string of the molecule is CCC(CC)(Pc1ccccc1/C=N/C)c1cccc(C)c1OCc1ccccc1. The van der Waals surface area contributed by atoms with Crippen LogP contribution in [0.1, 0.15) is 48.9 Å². The molecule has 0 aliphatic rings. The van der Waals surface area contributed by atoms with E-state index in [0.29, 0.717) is 15.2 Å². The lowest BCUT2D eigenvalue weighted by Crippen LogP contribution is -2.24. The second kappa shape index (κ2) is 10.5. The molecule has 30 heavy (non-hydrogen) atoms. The van der Waals surface area contributed by atoms with Crippen molar-refractivity contribution in [3.8, 4) is 5.75 Å². The van der Waals surface area contributed by atoms with Crippen LogP contribution in [0, 0.1) is 6.92 Å². The smallest absolute Gasteiger partial charge is 0.126 e. The quantitative estimate of drug-likeness (QED) is 0.282. The molecule has 0 aliphatic carbocycles. The summed E-state index contributed by atoms with van der Waals surface area (Å²) in [5.74, 6) is 1.04. The van der Waals surface area contributed by atoms with Gasteiger partial charge in [-0.1, -0.05) is 95.2 Å². The van der Waals surface area contributed by atoms with Crippen LogP contribution in [0.4, 0.5) is 0 Å². The molecule has 0 bridgehead atoms. The normalized spacial score (nSPS) is 12.1. The molecule has 0 amide bonds. The number of aryl methyl sites for hydroxylation is 1. The van der Waals surface area contributed by atoms with Gasteiger partial charge < -0.3 is 4.74 Å². The van der Waals surface area contributed by atoms with Crippen molar-refractivity contribution in [2.24, 2.45) is 4.99 Å². The maximum Gasteiger partial charge on any atom is 0.126 e. The molecule has 3 rings (SSSR count). The van der Waals surface area contributed by atoms with E-state index in [1.54, 1.807) is 0 Å². The molecule has 0 radical (unpaired) electrons. The summed E-state index contributed by atoms with van der Waals surface area (Å²) in [6.07, 6.45) is 4.09. The number of hydrogen-bond donors (Lipinski definition) is 0. The van der Waals surface area contributed by atoms with Crippen LogP contribution < -0.4 is 10.0 Å². The van der Waals surface area contributed by atoms with Gasteiger partial charge in [-0.2, -0.15) is 0 Å². The lowest BCUT2D eigenvalue weighted by atomic mass is 9.90. The first-order valence-electron chi connectivity index (χ1n) is 10.7. The Morgan fingerprint density at radius 1 is 0.900 bits per heavy atom. The monoisotopic (exact) mass is 417 g/mol. The topological polar surface area (TPSA) is 21.6 Å². The Morgan fingerprint density at radius 3 is 2.30 bits per heavy atom. The molecule has 0 saturated carbocycles. The van der Waals surface area contributed by atoms with Gasteiger partial charge in [-0.05, 0) is 41.8 Å². The van der Waals surface area contributed by atoms with Crippen molar-refractivity contribution in [2.45, 2.75) is 45.4 Å². The second-order valence-electron chi connectivity index (χ2n) is 7.61. The van der Waals surface area contributed by atoms with Gasteiger partial charge in [0.05, 0.1) is 0 Å². The molecule has 0 N–H and O–H groups in total. The van der Waals surface area contributed by atoms with Crippen LogP contribution in [0.15, 0.2) is 77.8 Å². The lowest BCUT2D eigenvalue weighted by Gasteiger charge is -2.35. The van der Waals surface area contributed by atoms with Crippen molar-refractivity contribution in [1.29, 1.82) is 0 Å². The molecule has 1 unspecified atom stereocenters. The van der Waals surface area contributed by atoms with E-state index in [0.717, 1.165) is 18.6 Å². The van der Waals surface area contributed by atoms with Crippen LogP contribution in [0.2, 0.25) is 0 Å². The summed E-state index contributed by atoms with van der Waals surface area (Å²) in [6.45, 7) is 7.35. The van der Waals surface area contributed by atoms with Gasteiger partial charge >= 0.3 is 0 Å². The van der Waals surface area contributed by atoms with Crippen LogP contribution in [0.25, 0.3) is 0 Å². The highest BCUT2D eigenvalue weighted by atomic mass is 31.1. The van der Waals surface area contributed by atoms with Crippen LogP contribution in [-0.4, -0.2) is 13.3 Å². The van der Waals surface area contributed by atoms with E-state index < -0.39 is 0 Å². The predicted molar refractivity (Wildman–Crippen MR) is 132 cm³/mol. The summed E-state index contributed by atoms with van der Waals surface area (Å²) in [7, 11) is 2.48. The Hall–Kier alpha value is -2.44. The fourth-order valence-corrected chi connectivity index (χ4v) is 5.62.